The number of amides is 3. The summed E-state index contributed by atoms with van der Waals surface area (Å²) in [5.74, 6) is -2.73. The van der Waals surface area contributed by atoms with Gasteiger partial charge in [-0.05, 0) is 79.7 Å². The Morgan fingerprint density at radius 2 is 1.82 bits per heavy atom. The Kier molecular flexibility index (Phi) is 7.78. The number of benzene rings is 2. The van der Waals surface area contributed by atoms with Crippen LogP contribution in [-0.4, -0.2) is 51.3 Å². The number of alkyl halides is 3. The SMILES string of the molecule is COc1ccc(C(F)(F)F)cc1NC(=O)CN1C(=O)S/C(=C\c2cc(C)n(-c3cccc(C(=O)O)c3)c2C)C1=O. The molecule has 0 spiro atoms. The Bertz CT molecular complexity index is 1580. The number of carboxylic acid groups (broad SMARTS) is 1. The van der Waals surface area contributed by atoms with E-state index in [4.69, 9.17) is 4.74 Å². The second kappa shape index (κ2) is 10.9. The minimum atomic E-state index is -4.66. The van der Waals surface area contributed by atoms with E-state index in [9.17, 15) is 37.5 Å². The first kappa shape index (κ1) is 28.5. The first-order valence-corrected chi connectivity index (χ1v) is 12.4. The molecule has 1 aliphatic rings. The molecule has 1 saturated heterocycles. The molecule has 0 saturated carbocycles. The summed E-state index contributed by atoms with van der Waals surface area (Å²) in [5, 5.41) is 10.9. The van der Waals surface area contributed by atoms with E-state index in [1.807, 2.05) is 0 Å². The molecular weight excluding hydrogens is 551 g/mol. The molecule has 9 nitrogen and oxygen atoms in total. The third-order valence-electron chi connectivity index (χ3n) is 6.08. The summed E-state index contributed by atoms with van der Waals surface area (Å²) in [5.41, 5.74) is 1.47. The summed E-state index contributed by atoms with van der Waals surface area (Å²) < 4.78 is 46.1. The molecule has 2 heterocycles. The van der Waals surface area contributed by atoms with Crippen LogP contribution >= 0.6 is 11.8 Å². The minimum Gasteiger partial charge on any atom is -0.495 e. The highest BCUT2D eigenvalue weighted by Crippen LogP contribution is 2.36. The predicted molar refractivity (Wildman–Crippen MR) is 142 cm³/mol. The number of nitrogens with zero attached hydrogens (tertiary/aromatic N) is 2. The monoisotopic (exact) mass is 573 g/mol. The zero-order valence-corrected chi connectivity index (χ0v) is 22.1. The van der Waals surface area contributed by atoms with Gasteiger partial charge < -0.3 is 19.7 Å². The number of ether oxygens (including phenoxy) is 1. The number of methoxy groups -OCH3 is 1. The summed E-state index contributed by atoms with van der Waals surface area (Å²) in [7, 11) is 1.22. The number of nitrogens with one attached hydrogen (secondary N) is 1. The molecule has 1 fully saturated rings. The van der Waals surface area contributed by atoms with E-state index in [2.05, 4.69) is 5.32 Å². The van der Waals surface area contributed by atoms with Crippen LogP contribution in [0.25, 0.3) is 11.8 Å². The number of carboxylic acids is 1. The van der Waals surface area contributed by atoms with E-state index in [0.717, 1.165) is 17.8 Å². The lowest BCUT2D eigenvalue weighted by Crippen LogP contribution is -2.36. The van der Waals surface area contributed by atoms with Crippen molar-refractivity contribution in [3.63, 3.8) is 0 Å². The van der Waals surface area contributed by atoms with Gasteiger partial charge in [-0.15, -0.1) is 0 Å². The van der Waals surface area contributed by atoms with Gasteiger partial charge in [-0.3, -0.25) is 19.3 Å². The van der Waals surface area contributed by atoms with Gasteiger partial charge in [0.05, 0.1) is 28.8 Å². The molecule has 4 rings (SSSR count). The number of halogens is 3. The van der Waals surface area contributed by atoms with Gasteiger partial charge in [-0.25, -0.2) is 4.79 Å². The highest BCUT2D eigenvalue weighted by Gasteiger charge is 2.37. The van der Waals surface area contributed by atoms with Crippen LogP contribution in [0.5, 0.6) is 5.75 Å². The molecular formula is C27H22F3N3O6S. The number of thioether (sulfide) groups is 1. The van der Waals surface area contributed by atoms with E-state index >= 15 is 0 Å². The van der Waals surface area contributed by atoms with E-state index in [-0.39, 0.29) is 21.9 Å². The number of carbonyl (C=O) groups excluding carboxylic acids is 3. The number of hydrogen-bond acceptors (Lipinski definition) is 6. The van der Waals surface area contributed by atoms with Crippen LogP contribution in [0.3, 0.4) is 0 Å². The van der Waals surface area contributed by atoms with Gasteiger partial charge in [0.25, 0.3) is 11.1 Å². The Hall–Kier alpha value is -4.52. The Labute approximate surface area is 230 Å². The molecule has 3 amide bonds. The number of aromatic carboxylic acids is 1. The summed E-state index contributed by atoms with van der Waals surface area (Å²) in [4.78, 5) is 50.3. The van der Waals surface area contributed by atoms with Crippen LogP contribution in [0.15, 0.2) is 53.4 Å². The van der Waals surface area contributed by atoms with Crippen LogP contribution < -0.4 is 10.1 Å². The topological polar surface area (TPSA) is 118 Å². The lowest BCUT2D eigenvalue weighted by atomic mass is 10.1. The zero-order valence-electron chi connectivity index (χ0n) is 21.3. The Morgan fingerprint density at radius 1 is 1.10 bits per heavy atom. The maximum absolute atomic E-state index is 13.1. The van der Waals surface area contributed by atoms with Crippen molar-refractivity contribution in [2.45, 2.75) is 20.0 Å². The van der Waals surface area contributed by atoms with Gasteiger partial charge in [0, 0.05) is 17.1 Å². The van der Waals surface area contributed by atoms with Gasteiger partial charge in [-0.1, -0.05) is 6.07 Å². The average molecular weight is 574 g/mol. The minimum absolute atomic E-state index is 0.0281. The molecule has 0 aliphatic carbocycles. The van der Waals surface area contributed by atoms with Crippen molar-refractivity contribution in [1.29, 1.82) is 0 Å². The van der Waals surface area contributed by atoms with Crippen molar-refractivity contribution < 1.29 is 42.2 Å². The molecule has 1 aromatic heterocycles. The van der Waals surface area contributed by atoms with Crippen LogP contribution in [0.2, 0.25) is 0 Å². The number of aromatic nitrogens is 1. The van der Waals surface area contributed by atoms with E-state index < -0.39 is 41.3 Å². The van der Waals surface area contributed by atoms with Crippen molar-refractivity contribution in [2.24, 2.45) is 0 Å². The molecule has 3 aromatic rings. The molecule has 2 N–H and O–H groups in total. The standard InChI is InChI=1S/C27H22F3N3O6S/c1-14-9-17(15(2)33(14)19-6-4-5-16(10-19)25(36)37)11-22-24(35)32(26(38)40-22)13-23(34)31-20-12-18(27(28,29)30)7-8-21(20)39-3/h4-12H,13H2,1-3H3,(H,31,34)(H,36,37)/b22-11-. The Morgan fingerprint density at radius 3 is 2.48 bits per heavy atom. The largest absolute Gasteiger partial charge is 0.495 e. The number of carbonyl (C=O) groups is 4. The fourth-order valence-corrected chi connectivity index (χ4v) is 5.03. The van der Waals surface area contributed by atoms with Gasteiger partial charge in [0.1, 0.15) is 12.3 Å². The Balaban J connectivity index is 1.54. The maximum atomic E-state index is 13.1. The summed E-state index contributed by atoms with van der Waals surface area (Å²) >= 11 is 0.622. The molecule has 0 unspecified atom stereocenters. The zero-order chi connectivity index (χ0) is 29.4. The third-order valence-corrected chi connectivity index (χ3v) is 6.99. The highest BCUT2D eigenvalue weighted by molar-refractivity contribution is 8.18. The normalized spacial score (nSPS) is 14.7. The second-order valence-corrected chi connectivity index (χ2v) is 9.74. The van der Waals surface area contributed by atoms with Crippen LogP contribution in [0.1, 0.15) is 32.9 Å². The van der Waals surface area contributed by atoms with E-state index in [1.54, 1.807) is 36.6 Å². The molecule has 2 aromatic carbocycles. The average Bonchev–Trinajstić information content (AvgIpc) is 3.31. The molecule has 208 valence electrons. The summed E-state index contributed by atoms with van der Waals surface area (Å²) in [6, 6.07) is 10.7. The summed E-state index contributed by atoms with van der Waals surface area (Å²) in [6.07, 6.45) is -3.16. The first-order chi connectivity index (χ1) is 18.8. The van der Waals surface area contributed by atoms with Gasteiger partial charge in [0.15, 0.2) is 0 Å². The molecule has 13 heteroatoms. The third kappa shape index (κ3) is 5.73. The number of hydrogen-bond donors (Lipinski definition) is 2. The van der Waals surface area contributed by atoms with E-state index in [1.165, 1.54) is 25.3 Å². The van der Waals surface area contributed by atoms with Crippen molar-refractivity contribution in [3.05, 3.63) is 81.5 Å². The highest BCUT2D eigenvalue weighted by atomic mass is 32.2. The fraction of sp³-hybridized carbons (Fsp3) is 0.185. The lowest BCUT2D eigenvalue weighted by Gasteiger charge is -2.16. The first-order valence-electron chi connectivity index (χ1n) is 11.6. The number of imide groups is 1. The van der Waals surface area contributed by atoms with Crippen molar-refractivity contribution >= 4 is 46.5 Å². The number of anilines is 1. The van der Waals surface area contributed by atoms with Gasteiger partial charge in [-0.2, -0.15) is 13.2 Å². The summed E-state index contributed by atoms with van der Waals surface area (Å²) in [6.45, 7) is 2.85. The van der Waals surface area contributed by atoms with Crippen LogP contribution in [0, 0.1) is 13.8 Å². The fourth-order valence-electron chi connectivity index (χ4n) is 4.20. The number of aryl methyl sites for hydroxylation is 1. The maximum Gasteiger partial charge on any atom is 0.416 e. The molecule has 40 heavy (non-hydrogen) atoms. The van der Waals surface area contributed by atoms with Crippen molar-refractivity contribution in [1.82, 2.24) is 9.47 Å². The quantitative estimate of drug-likeness (QED) is 0.359. The van der Waals surface area contributed by atoms with E-state index in [0.29, 0.717) is 39.7 Å². The second-order valence-electron chi connectivity index (χ2n) is 8.75. The van der Waals surface area contributed by atoms with Crippen LogP contribution in [-0.2, 0) is 15.8 Å². The molecule has 0 atom stereocenters. The molecule has 0 radical (unpaired) electrons. The van der Waals surface area contributed by atoms with Gasteiger partial charge >= 0.3 is 12.1 Å². The molecule has 0 bridgehead atoms. The van der Waals surface area contributed by atoms with Gasteiger partial charge in [0.2, 0.25) is 5.91 Å². The molecule has 1 aliphatic heterocycles. The number of rotatable bonds is 7. The van der Waals surface area contributed by atoms with Crippen molar-refractivity contribution in [3.8, 4) is 11.4 Å². The van der Waals surface area contributed by atoms with Crippen molar-refractivity contribution in [2.75, 3.05) is 19.0 Å². The smallest absolute Gasteiger partial charge is 0.416 e. The predicted octanol–water partition coefficient (Wildman–Crippen LogP) is 5.49. The lowest BCUT2D eigenvalue weighted by molar-refractivity contribution is -0.137. The van der Waals surface area contributed by atoms with Crippen LogP contribution in [0.4, 0.5) is 23.7 Å².